The van der Waals surface area contributed by atoms with Crippen LogP contribution in [0.15, 0.2) is 53.7 Å². The number of pyridine rings is 1. The fraction of sp³-hybridized carbons (Fsp3) is 0.417. The number of halogens is 1. The molecule has 8 heteroatoms. The maximum absolute atomic E-state index is 10.6. The van der Waals surface area contributed by atoms with Crippen LogP contribution in [0.5, 0.6) is 0 Å². The minimum Gasteiger partial charge on any atom is -0.386 e. The van der Waals surface area contributed by atoms with Crippen LogP contribution in [-0.2, 0) is 6.54 Å². The molecule has 4 rings (SSSR count). The number of aromatic nitrogens is 1. The number of anilines is 1. The number of rotatable bonds is 6. The van der Waals surface area contributed by atoms with E-state index in [0.717, 1.165) is 23.8 Å². The first-order valence-electron chi connectivity index (χ1n) is 11.0. The summed E-state index contributed by atoms with van der Waals surface area (Å²) in [7, 11) is 1.75. The van der Waals surface area contributed by atoms with Crippen LogP contribution in [0.1, 0.15) is 42.2 Å². The predicted octanol–water partition coefficient (Wildman–Crippen LogP) is 4.69. The van der Waals surface area contributed by atoms with Crippen LogP contribution in [0.4, 0.5) is 5.82 Å². The van der Waals surface area contributed by atoms with Crippen LogP contribution < -0.4 is 15.5 Å². The van der Waals surface area contributed by atoms with Gasteiger partial charge in [-0.25, -0.2) is 4.98 Å². The van der Waals surface area contributed by atoms with E-state index in [1.165, 1.54) is 41.3 Å². The minimum atomic E-state index is -0.577. The molecule has 1 unspecified atom stereocenters. The number of fused-ring (bicyclic) bond motifs is 1. The highest BCUT2D eigenvalue weighted by Gasteiger charge is 2.13. The summed E-state index contributed by atoms with van der Waals surface area (Å²) >= 11 is 1.63. The Bertz CT molecular complexity index is 983. The lowest BCUT2D eigenvalue weighted by atomic mass is 10.2. The summed E-state index contributed by atoms with van der Waals surface area (Å²) in [4.78, 5) is 12.2. The highest BCUT2D eigenvalue weighted by molar-refractivity contribution is 14.0. The highest BCUT2D eigenvalue weighted by atomic mass is 127. The van der Waals surface area contributed by atoms with Crippen molar-refractivity contribution in [3.63, 3.8) is 0 Å². The number of benzene rings is 1. The van der Waals surface area contributed by atoms with Gasteiger partial charge in [0.15, 0.2) is 5.96 Å². The largest absolute Gasteiger partial charge is 0.386 e. The molecule has 32 heavy (non-hydrogen) atoms. The van der Waals surface area contributed by atoms with E-state index in [1.54, 1.807) is 18.4 Å². The SMILES string of the molecule is CN=C(NCc1ccnc(N2CCCCCC2)c1)NCC(O)c1cc2ccccc2s1.I. The molecule has 172 valence electrons. The first kappa shape index (κ1) is 24.7. The molecule has 1 aliphatic rings. The molecule has 0 bridgehead atoms. The van der Waals surface area contributed by atoms with Crippen molar-refractivity contribution in [2.75, 3.05) is 31.6 Å². The van der Waals surface area contributed by atoms with Crippen LogP contribution in [0.25, 0.3) is 10.1 Å². The van der Waals surface area contributed by atoms with Gasteiger partial charge in [-0.15, -0.1) is 35.3 Å². The summed E-state index contributed by atoms with van der Waals surface area (Å²) < 4.78 is 1.19. The summed E-state index contributed by atoms with van der Waals surface area (Å²) in [6, 6.07) is 14.5. The lowest BCUT2D eigenvalue weighted by Gasteiger charge is -2.22. The minimum absolute atomic E-state index is 0. The number of nitrogens with one attached hydrogen (secondary N) is 2. The van der Waals surface area contributed by atoms with Crippen LogP contribution in [-0.4, -0.2) is 42.7 Å². The molecule has 0 spiro atoms. The number of nitrogens with zero attached hydrogens (tertiary/aromatic N) is 3. The van der Waals surface area contributed by atoms with Crippen molar-refractivity contribution in [3.8, 4) is 0 Å². The summed E-state index contributed by atoms with van der Waals surface area (Å²) in [5, 5.41) is 18.4. The second-order valence-corrected chi connectivity index (χ2v) is 9.05. The van der Waals surface area contributed by atoms with Gasteiger partial charge in [0.2, 0.25) is 0 Å². The van der Waals surface area contributed by atoms with Crippen LogP contribution in [0.2, 0.25) is 0 Å². The first-order chi connectivity index (χ1) is 15.2. The lowest BCUT2D eigenvalue weighted by Crippen LogP contribution is -2.39. The Labute approximate surface area is 211 Å². The molecule has 1 saturated heterocycles. The van der Waals surface area contributed by atoms with E-state index in [2.05, 4.69) is 49.8 Å². The third kappa shape index (κ3) is 6.55. The zero-order valence-corrected chi connectivity index (χ0v) is 21.6. The van der Waals surface area contributed by atoms with Gasteiger partial charge >= 0.3 is 0 Å². The zero-order valence-electron chi connectivity index (χ0n) is 18.5. The Morgan fingerprint density at radius 1 is 1.12 bits per heavy atom. The van der Waals surface area contributed by atoms with Gasteiger partial charge in [0.05, 0.1) is 0 Å². The van der Waals surface area contributed by atoms with Gasteiger partial charge in [-0.2, -0.15) is 0 Å². The van der Waals surface area contributed by atoms with Crippen molar-refractivity contribution in [2.24, 2.45) is 4.99 Å². The van der Waals surface area contributed by atoms with Crippen molar-refractivity contribution in [3.05, 3.63) is 59.1 Å². The van der Waals surface area contributed by atoms with Gasteiger partial charge in [-0.3, -0.25) is 4.99 Å². The quantitative estimate of drug-likeness (QED) is 0.230. The number of hydrogen-bond acceptors (Lipinski definition) is 5. The van der Waals surface area contributed by atoms with E-state index in [0.29, 0.717) is 19.0 Å². The molecule has 3 heterocycles. The van der Waals surface area contributed by atoms with E-state index in [-0.39, 0.29) is 24.0 Å². The van der Waals surface area contributed by atoms with E-state index in [4.69, 9.17) is 0 Å². The van der Waals surface area contributed by atoms with E-state index in [9.17, 15) is 5.11 Å². The molecule has 1 fully saturated rings. The Morgan fingerprint density at radius 2 is 1.91 bits per heavy atom. The number of aliphatic hydroxyl groups is 1. The van der Waals surface area contributed by atoms with Crippen molar-refractivity contribution in [1.82, 2.24) is 15.6 Å². The third-order valence-corrected chi connectivity index (χ3v) is 6.88. The molecule has 0 saturated carbocycles. The van der Waals surface area contributed by atoms with Crippen molar-refractivity contribution in [1.29, 1.82) is 0 Å². The van der Waals surface area contributed by atoms with Gasteiger partial charge in [0.1, 0.15) is 11.9 Å². The highest BCUT2D eigenvalue weighted by Crippen LogP contribution is 2.29. The molecule has 0 radical (unpaired) electrons. The summed E-state index contributed by atoms with van der Waals surface area (Å²) in [5.41, 5.74) is 1.17. The fourth-order valence-electron chi connectivity index (χ4n) is 3.91. The summed E-state index contributed by atoms with van der Waals surface area (Å²) in [6.07, 6.45) is 6.41. The van der Waals surface area contributed by atoms with Crippen LogP contribution >= 0.6 is 35.3 Å². The molecule has 3 aromatic rings. The second kappa shape index (κ2) is 12.4. The topological polar surface area (TPSA) is 72.8 Å². The Hall–Kier alpha value is -1.91. The van der Waals surface area contributed by atoms with Crippen molar-refractivity contribution in [2.45, 2.75) is 38.3 Å². The van der Waals surface area contributed by atoms with Gasteiger partial charge in [-0.1, -0.05) is 31.0 Å². The summed E-state index contributed by atoms with van der Waals surface area (Å²) in [5.74, 6) is 1.73. The first-order valence-corrected chi connectivity index (χ1v) is 11.9. The van der Waals surface area contributed by atoms with Gasteiger partial charge in [0.25, 0.3) is 0 Å². The number of aliphatic imine (C=N–C) groups is 1. The molecule has 2 aromatic heterocycles. The van der Waals surface area contributed by atoms with E-state index >= 15 is 0 Å². The smallest absolute Gasteiger partial charge is 0.191 e. The van der Waals surface area contributed by atoms with E-state index < -0.39 is 6.10 Å². The number of thiophene rings is 1. The molecule has 6 nitrogen and oxygen atoms in total. The van der Waals surface area contributed by atoms with Crippen molar-refractivity contribution < 1.29 is 5.11 Å². The second-order valence-electron chi connectivity index (χ2n) is 7.93. The molecular weight excluding hydrogens is 533 g/mol. The molecular formula is C24H32IN5OS. The average molecular weight is 566 g/mol. The van der Waals surface area contributed by atoms with Gasteiger partial charge < -0.3 is 20.6 Å². The molecule has 0 aliphatic carbocycles. The molecule has 1 aromatic carbocycles. The summed E-state index contributed by atoms with van der Waals surface area (Å²) in [6.45, 7) is 3.23. The monoisotopic (exact) mass is 565 g/mol. The zero-order chi connectivity index (χ0) is 21.5. The molecule has 1 atom stereocenters. The standard InChI is InChI=1S/C24H31N5OS.HI/c1-25-24(28-17-20(30)22-15-19-8-4-5-9-21(19)31-22)27-16-18-10-11-26-23(14-18)29-12-6-2-3-7-13-29;/h4-5,8-11,14-15,20,30H,2-3,6-7,12-13,16-17H2,1H3,(H2,25,27,28);1H. The maximum atomic E-state index is 10.6. The molecule has 0 amide bonds. The third-order valence-electron chi connectivity index (χ3n) is 5.66. The maximum Gasteiger partial charge on any atom is 0.191 e. The number of hydrogen-bond donors (Lipinski definition) is 3. The lowest BCUT2D eigenvalue weighted by molar-refractivity contribution is 0.184. The number of guanidine groups is 1. The molecule has 1 aliphatic heterocycles. The Balaban J connectivity index is 0.00000289. The van der Waals surface area contributed by atoms with Gasteiger partial charge in [-0.05, 0) is 48.1 Å². The van der Waals surface area contributed by atoms with E-state index in [1.807, 2.05) is 24.4 Å². The predicted molar refractivity (Wildman–Crippen MR) is 145 cm³/mol. The Morgan fingerprint density at radius 3 is 2.66 bits per heavy atom. The van der Waals surface area contributed by atoms with Crippen molar-refractivity contribution >= 4 is 57.2 Å². The fourth-order valence-corrected chi connectivity index (χ4v) is 4.96. The van der Waals surface area contributed by atoms with Crippen LogP contribution in [0, 0.1) is 0 Å². The molecule has 3 N–H and O–H groups in total. The normalized spacial score (nSPS) is 15.7. The Kier molecular flexibility index (Phi) is 9.55. The number of aliphatic hydroxyl groups excluding tert-OH is 1. The van der Waals surface area contributed by atoms with Crippen LogP contribution in [0.3, 0.4) is 0 Å². The van der Waals surface area contributed by atoms with Gasteiger partial charge in [0, 0.05) is 49.0 Å². The average Bonchev–Trinajstić information content (AvgIpc) is 3.05.